The maximum atomic E-state index is 15.6. The summed E-state index contributed by atoms with van der Waals surface area (Å²) in [6.07, 6.45) is -13.8. The van der Waals surface area contributed by atoms with E-state index in [0.717, 1.165) is 19.6 Å². The number of rotatable bonds is 11. The number of fused-ring (bicyclic) bond motifs is 3. The summed E-state index contributed by atoms with van der Waals surface area (Å²) in [5.41, 5.74) is -1.67. The smallest absolute Gasteiger partial charge is 0.378 e. The summed E-state index contributed by atoms with van der Waals surface area (Å²) in [4.78, 5) is 193. The van der Waals surface area contributed by atoms with Gasteiger partial charge >= 0.3 is 12.4 Å². The van der Waals surface area contributed by atoms with Crippen LogP contribution in [0.5, 0.6) is 0 Å². The average molecular weight is 1550 g/mol. The molecule has 108 heavy (non-hydrogen) atoms. The zero-order chi connectivity index (χ0) is 79.6. The van der Waals surface area contributed by atoms with E-state index in [-0.39, 0.29) is 122 Å². The zero-order valence-corrected chi connectivity index (χ0v) is 64.5. The first-order valence-corrected chi connectivity index (χ1v) is 39.2. The van der Waals surface area contributed by atoms with Gasteiger partial charge in [0.1, 0.15) is 72.1 Å². The molecule has 33 heteroatoms. The van der Waals surface area contributed by atoms with Gasteiger partial charge < -0.3 is 64.8 Å². The van der Waals surface area contributed by atoms with Crippen molar-refractivity contribution < 1.29 is 97.4 Å². The molecule has 11 atom stereocenters. The maximum absolute atomic E-state index is 15.6. The number of carbonyl (C=O) groups is 12. The number of alkyl halides is 8. The molecule has 25 nitrogen and oxygen atoms in total. The van der Waals surface area contributed by atoms with Crippen LogP contribution in [0.3, 0.4) is 0 Å². The number of nitrogens with one attached hydrogen (secondary N) is 3. The van der Waals surface area contributed by atoms with Crippen LogP contribution in [0.2, 0.25) is 0 Å². The van der Waals surface area contributed by atoms with Crippen molar-refractivity contribution in [2.75, 3.05) is 94.8 Å². The SMILES string of the molecule is CC[C@H](C)[C@@H]1NC(=O)[C@H](CC(C)C)N(C)C(=O)C[C@@H](C(=O)N2CCOCC2)N(C)C(=O)[C@H](C2CCC2)N(C)C(=O)C2(CCCC2)NC(=O)[C@@H]2CCCN2C(=O)[C@H](CCC2CC(F)C(C(F)(F)F)C(F)C2)NC(=O)CN(C)C(=O)[C@H](CC2CCC(C(F)(F)F)CC2)N2CCCCC[C@@H](C2=O)N(C)C(=O)CN(C)C1=O. The van der Waals surface area contributed by atoms with Gasteiger partial charge in [0.25, 0.3) is 0 Å². The van der Waals surface area contributed by atoms with Crippen LogP contribution in [0, 0.1) is 41.4 Å². The summed E-state index contributed by atoms with van der Waals surface area (Å²) >= 11 is 0. The Labute approximate surface area is 629 Å². The highest BCUT2D eigenvalue weighted by Crippen LogP contribution is 2.46. The van der Waals surface area contributed by atoms with Crippen LogP contribution in [0.25, 0.3) is 0 Å². The normalized spacial score (nSPS) is 32.0. The Morgan fingerprint density at radius 2 is 1.18 bits per heavy atom. The van der Waals surface area contributed by atoms with Crippen LogP contribution in [0.15, 0.2) is 0 Å². The molecule has 12 amide bonds. The minimum absolute atomic E-state index is 0.0174. The monoisotopic (exact) mass is 1540 g/mol. The van der Waals surface area contributed by atoms with Crippen molar-refractivity contribution in [1.29, 1.82) is 0 Å². The first kappa shape index (κ1) is 86.6. The molecule has 1 spiro atoms. The largest absolute Gasteiger partial charge is 0.397 e. The molecule has 3 N–H and O–H groups in total. The van der Waals surface area contributed by atoms with Crippen molar-refractivity contribution in [2.45, 2.75) is 267 Å². The van der Waals surface area contributed by atoms with E-state index in [2.05, 4.69) is 16.0 Å². The van der Waals surface area contributed by atoms with Gasteiger partial charge in [0, 0.05) is 68.5 Å². The second-order valence-electron chi connectivity index (χ2n) is 32.6. The van der Waals surface area contributed by atoms with Crippen molar-refractivity contribution in [3.05, 3.63) is 0 Å². The molecular weight excluding hydrogens is 1430 g/mol. The number of likely N-dealkylation sites (N-methyl/N-ethyl adjacent to an activating group) is 6. The molecular formula is C75H116F8N12O13. The predicted molar refractivity (Wildman–Crippen MR) is 379 cm³/mol. The first-order chi connectivity index (χ1) is 50.8. The number of amides is 12. The van der Waals surface area contributed by atoms with Gasteiger partial charge in [0.15, 0.2) is 0 Å². The molecule has 2 unspecified atom stereocenters. The second-order valence-corrected chi connectivity index (χ2v) is 32.6. The molecule has 4 saturated carbocycles. The lowest BCUT2D eigenvalue weighted by Gasteiger charge is -2.45. The van der Waals surface area contributed by atoms with Crippen molar-refractivity contribution in [2.24, 2.45) is 41.4 Å². The quantitative estimate of drug-likeness (QED) is 0.191. The lowest BCUT2D eigenvalue weighted by atomic mass is 9.76. The average Bonchev–Trinajstić information content (AvgIpc) is 1.39. The van der Waals surface area contributed by atoms with Gasteiger partial charge in [-0.25, -0.2) is 8.78 Å². The summed E-state index contributed by atoms with van der Waals surface area (Å²) in [6.45, 7) is 6.07. The van der Waals surface area contributed by atoms with Crippen LogP contribution in [-0.2, 0) is 62.3 Å². The summed E-state index contributed by atoms with van der Waals surface area (Å²) < 4.78 is 121. The molecule has 4 aliphatic carbocycles. The van der Waals surface area contributed by atoms with Crippen molar-refractivity contribution in [1.82, 2.24) is 60.0 Å². The number of ether oxygens (including phenoxy) is 1. The van der Waals surface area contributed by atoms with E-state index < -0.39 is 224 Å². The Kier molecular flexibility index (Phi) is 30.0. The Bertz CT molecular complexity index is 3190. The molecule has 0 aromatic heterocycles. The Morgan fingerprint density at radius 3 is 1.76 bits per heavy atom. The van der Waals surface area contributed by atoms with Crippen LogP contribution < -0.4 is 16.0 Å². The number of hydrogen-bond donors (Lipinski definition) is 3. The number of hydrogen-bond acceptors (Lipinski definition) is 13. The highest BCUT2D eigenvalue weighted by atomic mass is 19.4. The third kappa shape index (κ3) is 20.8. The number of nitrogens with zero attached hydrogens (tertiary/aromatic N) is 9. The van der Waals surface area contributed by atoms with Gasteiger partial charge in [-0.3, -0.25) is 57.5 Å². The third-order valence-corrected chi connectivity index (χ3v) is 24.7. The summed E-state index contributed by atoms with van der Waals surface area (Å²) in [7, 11) is 8.14. The number of morpholine rings is 1. The van der Waals surface area contributed by atoms with Gasteiger partial charge in [-0.2, -0.15) is 26.3 Å². The van der Waals surface area contributed by atoms with Crippen molar-refractivity contribution in [3.8, 4) is 0 Å². The lowest BCUT2D eigenvalue weighted by Crippen LogP contribution is -2.65. The summed E-state index contributed by atoms with van der Waals surface area (Å²) in [5.74, 6) is -16.4. The third-order valence-electron chi connectivity index (χ3n) is 24.7. The van der Waals surface area contributed by atoms with Gasteiger partial charge in [-0.1, -0.05) is 66.2 Å². The first-order valence-electron chi connectivity index (χ1n) is 39.2. The van der Waals surface area contributed by atoms with E-state index in [9.17, 15) is 45.5 Å². The van der Waals surface area contributed by atoms with Crippen LogP contribution in [0.1, 0.15) is 188 Å². The molecule has 4 heterocycles. The van der Waals surface area contributed by atoms with Crippen molar-refractivity contribution in [3.63, 3.8) is 0 Å². The van der Waals surface area contributed by atoms with E-state index in [1.54, 1.807) is 13.8 Å². The molecule has 2 bridgehead atoms. The molecule has 0 radical (unpaired) electrons. The van der Waals surface area contributed by atoms with E-state index >= 15 is 47.1 Å². The Morgan fingerprint density at radius 1 is 0.565 bits per heavy atom. The minimum Gasteiger partial charge on any atom is -0.378 e. The van der Waals surface area contributed by atoms with Crippen LogP contribution in [-0.4, -0.2) is 288 Å². The lowest BCUT2D eigenvalue weighted by molar-refractivity contribution is -0.219. The number of halogens is 8. The fourth-order valence-electron chi connectivity index (χ4n) is 17.6. The Balaban J connectivity index is 1.19. The second kappa shape index (κ2) is 37.4. The number of carbonyl (C=O) groups excluding carboxylic acids is 12. The van der Waals surface area contributed by atoms with Crippen LogP contribution in [0.4, 0.5) is 35.1 Å². The van der Waals surface area contributed by atoms with E-state index in [4.69, 9.17) is 4.74 Å². The molecule has 0 aromatic rings. The topological polar surface area (TPSA) is 279 Å². The molecule has 8 aliphatic rings. The van der Waals surface area contributed by atoms with E-state index in [0.29, 0.717) is 57.8 Å². The zero-order valence-electron chi connectivity index (χ0n) is 64.5. The van der Waals surface area contributed by atoms with Gasteiger partial charge in [0.05, 0.1) is 38.6 Å². The summed E-state index contributed by atoms with van der Waals surface area (Å²) in [5, 5.41) is 8.50. The van der Waals surface area contributed by atoms with E-state index in [1.165, 1.54) is 66.8 Å². The van der Waals surface area contributed by atoms with Gasteiger partial charge in [-0.05, 0) is 145 Å². The molecule has 8 rings (SSSR count). The molecule has 610 valence electrons. The predicted octanol–water partition coefficient (Wildman–Crippen LogP) is 6.33. The molecule has 0 aromatic carbocycles. The Hall–Kier alpha value is -6.96. The fraction of sp³-hybridized carbons (Fsp3) is 0.840. The van der Waals surface area contributed by atoms with Crippen molar-refractivity contribution >= 4 is 70.9 Å². The minimum atomic E-state index is -5.20. The van der Waals surface area contributed by atoms with Crippen LogP contribution >= 0.6 is 0 Å². The maximum Gasteiger partial charge on any atom is 0.397 e. The van der Waals surface area contributed by atoms with Gasteiger partial charge in [-0.15, -0.1) is 0 Å². The standard InChI is InChI=1S/C75H116F8N12O13/c1-11-45(4)62-70(105)88(6)43-60(98)89(7)54-21-13-12-16-31-95(69(54)104)57(40-46-23-26-49(27-24-46)74(78,79)80)67(102)87(5)42-58(96)84-52(28-25-47-38-50(76)61(51(77)39-47)75(81,82)83)66(101)94-32-18-22-53(94)65(100)86-73(29-14-15-30-73)72(107)92(10)63(48-19-17-20-48)71(106)91(9)56(68(103)93-33-35-108-36-34-93)41-59(97)90(8)55(37-44(2)3)64(99)85-62/h44-57,61-63H,11-43H2,1-10H3,(H,84,96)(H,85,99)(H,86,100)/t45-,46?,47?,49?,50?,51?,52-,53-,54-,55-,56-,57-,61?,62-,63-/m0/s1. The molecule has 4 saturated heterocycles. The van der Waals surface area contributed by atoms with Gasteiger partial charge in [0.2, 0.25) is 70.9 Å². The van der Waals surface area contributed by atoms with E-state index in [1.807, 2.05) is 13.8 Å². The molecule has 8 fully saturated rings. The highest BCUT2D eigenvalue weighted by Gasteiger charge is 2.56. The highest BCUT2D eigenvalue weighted by molar-refractivity contribution is 6.01. The molecule has 4 aliphatic heterocycles. The summed E-state index contributed by atoms with van der Waals surface area (Å²) in [6, 6.07) is -11.0. The fourth-order valence-corrected chi connectivity index (χ4v) is 17.6.